The third kappa shape index (κ3) is 6.50. The van der Waals surface area contributed by atoms with Crippen LogP contribution in [0.15, 0.2) is 36.4 Å². The van der Waals surface area contributed by atoms with Gasteiger partial charge < -0.3 is 20.9 Å². The fraction of sp³-hybridized carbons (Fsp3) is 0.462. The quantitative estimate of drug-likeness (QED) is 0.405. The number of nitrogen functional groups attached to an aromatic ring is 1. The van der Waals surface area contributed by atoms with Gasteiger partial charge >= 0.3 is 6.09 Å². The van der Waals surface area contributed by atoms with Crippen LogP contribution < -0.4 is 11.1 Å². The molecule has 4 N–H and O–H groups in total. The number of aryl methyl sites for hydroxylation is 1. The zero-order chi connectivity index (χ0) is 25.0. The van der Waals surface area contributed by atoms with Gasteiger partial charge in [0.25, 0.3) is 0 Å². The molecular weight excluding hydrogens is 454 g/mol. The van der Waals surface area contributed by atoms with Crippen molar-refractivity contribution < 1.29 is 19.4 Å². The molecule has 0 spiro atoms. The first-order valence-corrected chi connectivity index (χ1v) is 11.9. The second-order valence-corrected chi connectivity index (χ2v) is 10.2. The summed E-state index contributed by atoms with van der Waals surface area (Å²) in [4.78, 5) is 27.1. The van der Waals surface area contributed by atoms with E-state index >= 15 is 0 Å². The van der Waals surface area contributed by atoms with E-state index in [9.17, 15) is 14.7 Å². The van der Waals surface area contributed by atoms with Gasteiger partial charge in [-0.2, -0.15) is 0 Å². The van der Waals surface area contributed by atoms with Crippen molar-refractivity contribution in [2.24, 2.45) is 0 Å². The van der Waals surface area contributed by atoms with E-state index in [1.807, 2.05) is 33.8 Å². The van der Waals surface area contributed by atoms with Gasteiger partial charge in [-0.25, -0.2) is 4.79 Å². The number of aliphatic hydroxyl groups excluding tert-OH is 1. The van der Waals surface area contributed by atoms with Crippen LogP contribution in [-0.2, 0) is 11.3 Å². The lowest BCUT2D eigenvalue weighted by atomic mass is 9.94. The van der Waals surface area contributed by atoms with E-state index in [1.165, 1.54) is 0 Å². The monoisotopic (exact) mass is 487 g/mol. The molecule has 8 heteroatoms. The number of likely N-dealkylation sites (tertiary alicyclic amines) is 1. The molecule has 3 rings (SSSR count). The van der Waals surface area contributed by atoms with Gasteiger partial charge in [0.05, 0.1) is 10.7 Å². The second kappa shape index (κ2) is 10.8. The Hall–Kier alpha value is -2.61. The summed E-state index contributed by atoms with van der Waals surface area (Å²) in [5.41, 5.74) is 8.36. The fourth-order valence-electron chi connectivity index (χ4n) is 4.20. The lowest BCUT2D eigenvalue weighted by molar-refractivity contribution is 0.0470. The van der Waals surface area contributed by atoms with Gasteiger partial charge in [0, 0.05) is 30.3 Å². The number of ether oxygens (including phenoxy) is 1. The zero-order valence-corrected chi connectivity index (χ0v) is 21.0. The van der Waals surface area contributed by atoms with Crippen LogP contribution in [0.2, 0.25) is 5.02 Å². The summed E-state index contributed by atoms with van der Waals surface area (Å²) in [6, 6.07) is 10.3. The zero-order valence-electron chi connectivity index (χ0n) is 20.2. The van der Waals surface area contributed by atoms with Crippen LogP contribution in [0.5, 0.6) is 0 Å². The van der Waals surface area contributed by atoms with Crippen molar-refractivity contribution in [3.63, 3.8) is 0 Å². The van der Waals surface area contributed by atoms with Crippen LogP contribution in [0.25, 0.3) is 0 Å². The normalized spacial score (nSPS) is 17.8. The summed E-state index contributed by atoms with van der Waals surface area (Å²) >= 11 is 6.65. The third-order valence-corrected chi connectivity index (χ3v) is 6.30. The van der Waals surface area contributed by atoms with E-state index in [0.29, 0.717) is 29.2 Å². The molecule has 1 unspecified atom stereocenters. The Morgan fingerprint density at radius 2 is 1.97 bits per heavy atom. The first kappa shape index (κ1) is 26.0. The van der Waals surface area contributed by atoms with Crippen LogP contribution in [0.1, 0.15) is 66.8 Å². The minimum absolute atomic E-state index is 0.0235. The van der Waals surface area contributed by atoms with Crippen LogP contribution >= 0.6 is 11.6 Å². The van der Waals surface area contributed by atoms with Crippen molar-refractivity contribution in [2.45, 2.75) is 64.8 Å². The minimum atomic E-state index is -1.40. The highest BCUT2D eigenvalue weighted by atomic mass is 35.5. The van der Waals surface area contributed by atoms with Crippen molar-refractivity contribution in [1.29, 1.82) is 0 Å². The maximum Gasteiger partial charge on any atom is 0.407 e. The number of piperidine rings is 1. The Morgan fingerprint density at radius 1 is 1.29 bits per heavy atom. The third-order valence-electron chi connectivity index (χ3n) is 5.87. The molecule has 1 aliphatic rings. The molecule has 0 saturated carbocycles. The van der Waals surface area contributed by atoms with Crippen molar-refractivity contribution in [1.82, 2.24) is 10.2 Å². The smallest absolute Gasteiger partial charge is 0.407 e. The van der Waals surface area contributed by atoms with Crippen LogP contribution in [0, 0.1) is 6.92 Å². The number of carbonyl (C=O) groups excluding carboxylic acids is 2. The molecule has 184 valence electrons. The largest absolute Gasteiger partial charge is 0.444 e. The number of nitrogens with zero attached hydrogens (tertiary/aromatic N) is 1. The number of alkyl carbamates (subject to hydrolysis) is 1. The van der Waals surface area contributed by atoms with Gasteiger partial charge in [-0.15, -0.1) is 0 Å². The Kier molecular flexibility index (Phi) is 8.23. The molecular formula is C26H34ClN3O4. The average molecular weight is 488 g/mol. The number of hydrogen-bond donors (Lipinski definition) is 3. The molecule has 0 radical (unpaired) electrons. The lowest BCUT2D eigenvalue weighted by Crippen LogP contribution is -2.48. The number of nitrogens with two attached hydrogens (primary N) is 1. The molecule has 0 aliphatic carbocycles. The number of hydrogen-bond acceptors (Lipinski definition) is 6. The van der Waals surface area contributed by atoms with Gasteiger partial charge in [0.2, 0.25) is 0 Å². The number of Topliss-reactive ketones (excluding diaryl/α,β-unsaturated/α-hetero) is 1. The predicted molar refractivity (Wildman–Crippen MR) is 134 cm³/mol. The number of nitrogens with one attached hydrogen (secondary N) is 1. The number of halogens is 1. The summed E-state index contributed by atoms with van der Waals surface area (Å²) in [7, 11) is 0. The molecule has 1 aliphatic heterocycles. The van der Waals surface area contributed by atoms with E-state index in [4.69, 9.17) is 22.1 Å². The summed E-state index contributed by atoms with van der Waals surface area (Å²) in [6.07, 6.45) is -0.0176. The van der Waals surface area contributed by atoms with E-state index < -0.39 is 23.6 Å². The van der Waals surface area contributed by atoms with Crippen molar-refractivity contribution in [3.05, 3.63) is 63.7 Å². The average Bonchev–Trinajstić information content (AvgIpc) is 2.77. The Morgan fingerprint density at radius 3 is 2.62 bits per heavy atom. The summed E-state index contributed by atoms with van der Waals surface area (Å²) < 4.78 is 5.38. The van der Waals surface area contributed by atoms with Gasteiger partial charge in [-0.3, -0.25) is 9.69 Å². The Bertz CT molecular complexity index is 1040. The Labute approximate surface area is 206 Å². The van der Waals surface area contributed by atoms with E-state index in [1.54, 1.807) is 30.3 Å². The SMILES string of the molecule is Cc1cc(C(O)C(=O)c2ccccc2)c(N)c(Cl)c1CN1CCC[C@@H](NC(=O)OC(C)(C)C)C1. The molecule has 0 bridgehead atoms. The first-order chi connectivity index (χ1) is 16.0. The summed E-state index contributed by atoms with van der Waals surface area (Å²) in [5, 5.41) is 14.0. The molecule has 1 fully saturated rings. The molecule has 7 nitrogen and oxygen atoms in total. The first-order valence-electron chi connectivity index (χ1n) is 11.5. The van der Waals surface area contributed by atoms with E-state index in [0.717, 1.165) is 30.5 Å². The minimum Gasteiger partial charge on any atom is -0.444 e. The van der Waals surface area contributed by atoms with Crippen molar-refractivity contribution in [3.8, 4) is 0 Å². The van der Waals surface area contributed by atoms with Gasteiger partial charge in [0.1, 0.15) is 11.7 Å². The standard InChI is InChI=1S/C26H34ClN3O4/c1-16-13-19(24(32)23(31)17-9-6-5-7-10-17)22(28)21(27)20(16)15-30-12-8-11-18(14-30)29-25(33)34-26(2,3)4/h5-7,9-10,13,18,24,32H,8,11-12,14-15,28H2,1-4H3,(H,29,33)/t18-,24?/m1/s1. The maximum atomic E-state index is 12.7. The summed E-state index contributed by atoms with van der Waals surface area (Å²) in [6.45, 7) is 9.47. The molecule has 1 heterocycles. The molecule has 2 aromatic carbocycles. The topological polar surface area (TPSA) is 105 Å². The van der Waals surface area contributed by atoms with Gasteiger partial charge in [-0.05, 0) is 58.2 Å². The molecule has 2 aromatic rings. The highest BCUT2D eigenvalue weighted by Gasteiger charge is 2.27. The maximum absolute atomic E-state index is 12.7. The number of anilines is 1. The lowest BCUT2D eigenvalue weighted by Gasteiger charge is -2.34. The summed E-state index contributed by atoms with van der Waals surface area (Å²) in [5.74, 6) is -0.428. The molecule has 34 heavy (non-hydrogen) atoms. The van der Waals surface area contributed by atoms with E-state index in [2.05, 4.69) is 10.2 Å². The van der Waals surface area contributed by atoms with Gasteiger partial charge in [0.15, 0.2) is 5.78 Å². The van der Waals surface area contributed by atoms with Gasteiger partial charge in [-0.1, -0.05) is 48.0 Å². The molecule has 0 aromatic heterocycles. The number of aliphatic hydroxyl groups is 1. The van der Waals surface area contributed by atoms with Crippen molar-refractivity contribution >= 4 is 29.2 Å². The number of ketones is 1. The predicted octanol–water partition coefficient (Wildman–Crippen LogP) is 4.64. The number of amides is 1. The highest BCUT2D eigenvalue weighted by molar-refractivity contribution is 6.34. The Balaban J connectivity index is 1.72. The highest BCUT2D eigenvalue weighted by Crippen LogP contribution is 2.35. The fourth-order valence-corrected chi connectivity index (χ4v) is 4.52. The van der Waals surface area contributed by atoms with Crippen molar-refractivity contribution in [2.75, 3.05) is 18.8 Å². The van der Waals surface area contributed by atoms with E-state index in [-0.39, 0.29) is 11.7 Å². The number of benzene rings is 2. The molecule has 2 atom stereocenters. The van der Waals surface area contributed by atoms with Crippen LogP contribution in [0.4, 0.5) is 10.5 Å². The number of carbonyl (C=O) groups is 2. The molecule has 1 amide bonds. The second-order valence-electron chi connectivity index (χ2n) is 9.84. The van der Waals surface area contributed by atoms with Crippen LogP contribution in [0.3, 0.4) is 0 Å². The molecule has 1 saturated heterocycles. The van der Waals surface area contributed by atoms with Crippen LogP contribution in [-0.4, -0.2) is 46.6 Å². The number of rotatable bonds is 6.